The zero-order valence-corrected chi connectivity index (χ0v) is 12.4. The fourth-order valence-corrected chi connectivity index (χ4v) is 2.14. The smallest absolute Gasteiger partial charge is 0.315 e. The molecule has 0 saturated carbocycles. The van der Waals surface area contributed by atoms with Gasteiger partial charge in [0.15, 0.2) is 11.6 Å². The number of halogens is 2. The first kappa shape index (κ1) is 16.5. The molecule has 0 aromatic heterocycles. The highest BCUT2D eigenvalue weighted by molar-refractivity contribution is 5.74. The van der Waals surface area contributed by atoms with Crippen LogP contribution in [0.2, 0.25) is 0 Å². The molecule has 0 bridgehead atoms. The number of nitrogens with one attached hydrogen (secondary N) is 2. The number of benzene rings is 1. The van der Waals surface area contributed by atoms with E-state index in [-0.39, 0.29) is 30.5 Å². The standard InChI is InChI=1S/C15H20F2N2O3/c1-10(9-22-14-5-4-11(16)7-13(14)17)19-15(20)18-8-12-3-2-6-21-12/h4-5,7,10,12H,2-3,6,8-9H2,1H3,(H2,18,19,20)/t10-,12+/m1/s1. The molecule has 1 aromatic rings. The Morgan fingerprint density at radius 3 is 3.00 bits per heavy atom. The molecule has 1 aromatic carbocycles. The Morgan fingerprint density at radius 1 is 1.50 bits per heavy atom. The van der Waals surface area contributed by atoms with E-state index < -0.39 is 11.6 Å². The van der Waals surface area contributed by atoms with Crippen molar-refractivity contribution in [2.45, 2.75) is 31.9 Å². The molecule has 0 aliphatic carbocycles. The Hall–Kier alpha value is -1.89. The third-order valence-electron chi connectivity index (χ3n) is 3.27. The molecule has 5 nitrogen and oxygen atoms in total. The van der Waals surface area contributed by atoms with Crippen LogP contribution in [0.4, 0.5) is 13.6 Å². The molecule has 122 valence electrons. The zero-order valence-electron chi connectivity index (χ0n) is 12.4. The topological polar surface area (TPSA) is 59.6 Å². The van der Waals surface area contributed by atoms with E-state index in [1.165, 1.54) is 6.07 Å². The minimum Gasteiger partial charge on any atom is -0.488 e. The molecule has 1 fully saturated rings. The molecule has 2 atom stereocenters. The summed E-state index contributed by atoms with van der Waals surface area (Å²) in [7, 11) is 0. The monoisotopic (exact) mass is 314 g/mol. The highest BCUT2D eigenvalue weighted by Gasteiger charge is 2.17. The molecule has 22 heavy (non-hydrogen) atoms. The second-order valence-corrected chi connectivity index (χ2v) is 5.28. The Kier molecular flexibility index (Phi) is 5.94. The van der Waals surface area contributed by atoms with Gasteiger partial charge in [0.25, 0.3) is 0 Å². The van der Waals surface area contributed by atoms with E-state index in [0.717, 1.165) is 31.6 Å². The molecule has 0 unspecified atom stereocenters. The van der Waals surface area contributed by atoms with E-state index in [9.17, 15) is 13.6 Å². The lowest BCUT2D eigenvalue weighted by Gasteiger charge is -2.17. The Balaban J connectivity index is 1.68. The van der Waals surface area contributed by atoms with Crippen molar-refractivity contribution in [1.29, 1.82) is 0 Å². The maximum Gasteiger partial charge on any atom is 0.315 e. The maximum atomic E-state index is 13.4. The van der Waals surface area contributed by atoms with Crippen molar-refractivity contribution in [1.82, 2.24) is 10.6 Å². The third-order valence-corrected chi connectivity index (χ3v) is 3.27. The van der Waals surface area contributed by atoms with Crippen LogP contribution in [0.1, 0.15) is 19.8 Å². The molecule has 2 amide bonds. The third kappa shape index (κ3) is 5.14. The number of amides is 2. The van der Waals surface area contributed by atoms with Gasteiger partial charge in [-0.2, -0.15) is 0 Å². The molecule has 1 aliphatic heterocycles. The molecule has 1 heterocycles. The first-order valence-corrected chi connectivity index (χ1v) is 7.28. The van der Waals surface area contributed by atoms with Gasteiger partial charge < -0.3 is 20.1 Å². The normalized spacial score (nSPS) is 18.8. The summed E-state index contributed by atoms with van der Waals surface area (Å²) in [5, 5.41) is 5.40. The number of ether oxygens (including phenoxy) is 2. The summed E-state index contributed by atoms with van der Waals surface area (Å²) in [6.45, 7) is 3.01. The number of urea groups is 1. The van der Waals surface area contributed by atoms with E-state index >= 15 is 0 Å². The Morgan fingerprint density at radius 2 is 2.32 bits per heavy atom. The molecular formula is C15H20F2N2O3. The second-order valence-electron chi connectivity index (χ2n) is 5.28. The minimum atomic E-state index is -0.768. The Bertz CT molecular complexity index is 508. The summed E-state index contributed by atoms with van der Waals surface area (Å²) in [5.74, 6) is -1.48. The first-order chi connectivity index (χ1) is 10.5. The first-order valence-electron chi connectivity index (χ1n) is 7.28. The van der Waals surface area contributed by atoms with Crippen molar-refractivity contribution >= 4 is 6.03 Å². The lowest BCUT2D eigenvalue weighted by molar-refractivity contribution is 0.111. The van der Waals surface area contributed by atoms with Crippen LogP contribution in [-0.4, -0.2) is 37.9 Å². The summed E-state index contributed by atoms with van der Waals surface area (Å²) in [5.41, 5.74) is 0. The summed E-state index contributed by atoms with van der Waals surface area (Å²) in [6, 6.07) is 2.43. The van der Waals surface area contributed by atoms with Gasteiger partial charge in [-0.05, 0) is 31.9 Å². The van der Waals surface area contributed by atoms with Crippen molar-refractivity contribution in [3.63, 3.8) is 0 Å². The van der Waals surface area contributed by atoms with Crippen molar-refractivity contribution in [3.05, 3.63) is 29.8 Å². The number of hydrogen-bond acceptors (Lipinski definition) is 3. The van der Waals surface area contributed by atoms with Crippen LogP contribution < -0.4 is 15.4 Å². The van der Waals surface area contributed by atoms with E-state index in [2.05, 4.69) is 10.6 Å². The van der Waals surface area contributed by atoms with Crippen molar-refractivity contribution < 1.29 is 23.0 Å². The predicted octanol–water partition coefficient (Wildman–Crippen LogP) is 2.21. The second kappa shape index (κ2) is 7.93. The number of carbonyl (C=O) groups is 1. The predicted molar refractivity (Wildman–Crippen MR) is 76.8 cm³/mol. The van der Waals surface area contributed by atoms with Crippen LogP contribution >= 0.6 is 0 Å². The highest BCUT2D eigenvalue weighted by atomic mass is 19.1. The van der Waals surface area contributed by atoms with Gasteiger partial charge in [0.2, 0.25) is 0 Å². The Labute approximate surface area is 128 Å². The van der Waals surface area contributed by atoms with Gasteiger partial charge in [0.1, 0.15) is 12.4 Å². The zero-order chi connectivity index (χ0) is 15.9. The fourth-order valence-electron chi connectivity index (χ4n) is 2.14. The van der Waals surface area contributed by atoms with Gasteiger partial charge in [-0.1, -0.05) is 0 Å². The summed E-state index contributed by atoms with van der Waals surface area (Å²) in [6.07, 6.45) is 2.04. The van der Waals surface area contributed by atoms with Crippen LogP contribution in [0, 0.1) is 11.6 Å². The molecular weight excluding hydrogens is 294 g/mol. The fraction of sp³-hybridized carbons (Fsp3) is 0.533. The highest BCUT2D eigenvalue weighted by Crippen LogP contribution is 2.17. The van der Waals surface area contributed by atoms with Crippen molar-refractivity contribution in [3.8, 4) is 5.75 Å². The molecule has 0 spiro atoms. The van der Waals surface area contributed by atoms with E-state index in [1.807, 2.05) is 0 Å². The number of hydrogen-bond donors (Lipinski definition) is 2. The van der Waals surface area contributed by atoms with E-state index in [1.54, 1.807) is 6.92 Å². The van der Waals surface area contributed by atoms with E-state index in [0.29, 0.717) is 6.54 Å². The molecule has 2 rings (SSSR count). The average Bonchev–Trinajstić information content (AvgIpc) is 2.97. The molecule has 7 heteroatoms. The van der Waals surface area contributed by atoms with Gasteiger partial charge in [-0.15, -0.1) is 0 Å². The van der Waals surface area contributed by atoms with Crippen molar-refractivity contribution in [2.75, 3.05) is 19.8 Å². The summed E-state index contributed by atoms with van der Waals surface area (Å²) < 4.78 is 36.8. The molecule has 0 radical (unpaired) electrons. The van der Waals surface area contributed by atoms with Crippen LogP contribution in [-0.2, 0) is 4.74 Å². The minimum absolute atomic E-state index is 0.0465. The molecule has 1 aliphatic rings. The van der Waals surface area contributed by atoms with E-state index in [4.69, 9.17) is 9.47 Å². The van der Waals surface area contributed by atoms with Crippen molar-refractivity contribution in [2.24, 2.45) is 0 Å². The van der Waals surface area contributed by atoms with Gasteiger partial charge in [0, 0.05) is 19.2 Å². The van der Waals surface area contributed by atoms with Crippen LogP contribution in [0.15, 0.2) is 18.2 Å². The van der Waals surface area contributed by atoms with Gasteiger partial charge in [0.05, 0.1) is 12.1 Å². The number of rotatable bonds is 6. The van der Waals surface area contributed by atoms with Crippen LogP contribution in [0.25, 0.3) is 0 Å². The van der Waals surface area contributed by atoms with Crippen LogP contribution in [0.3, 0.4) is 0 Å². The summed E-state index contributed by atoms with van der Waals surface area (Å²) in [4.78, 5) is 11.7. The lowest BCUT2D eigenvalue weighted by Crippen LogP contribution is -2.45. The quantitative estimate of drug-likeness (QED) is 0.846. The maximum absolute atomic E-state index is 13.4. The lowest BCUT2D eigenvalue weighted by atomic mass is 10.2. The van der Waals surface area contributed by atoms with Gasteiger partial charge in [-0.3, -0.25) is 0 Å². The van der Waals surface area contributed by atoms with Crippen LogP contribution in [0.5, 0.6) is 5.75 Å². The average molecular weight is 314 g/mol. The van der Waals surface area contributed by atoms with Gasteiger partial charge >= 0.3 is 6.03 Å². The SMILES string of the molecule is C[C@H](COc1ccc(F)cc1F)NC(=O)NC[C@@H]1CCCO1. The molecule has 1 saturated heterocycles. The molecule has 2 N–H and O–H groups in total. The number of carbonyl (C=O) groups excluding carboxylic acids is 1. The largest absolute Gasteiger partial charge is 0.488 e. The van der Waals surface area contributed by atoms with Gasteiger partial charge in [-0.25, -0.2) is 13.6 Å². The summed E-state index contributed by atoms with van der Waals surface area (Å²) >= 11 is 0.